The van der Waals surface area contributed by atoms with Crippen LogP contribution in [0.25, 0.3) is 0 Å². The van der Waals surface area contributed by atoms with Gasteiger partial charge in [0.05, 0.1) is 25.8 Å². The lowest BCUT2D eigenvalue weighted by atomic mass is 10.1. The Bertz CT molecular complexity index is 598. The third kappa shape index (κ3) is 3.97. The molecule has 0 saturated carbocycles. The summed E-state index contributed by atoms with van der Waals surface area (Å²) in [6, 6.07) is 5.09. The summed E-state index contributed by atoms with van der Waals surface area (Å²) in [6.07, 6.45) is -0.317. The Balaban J connectivity index is 2.03. The van der Waals surface area contributed by atoms with Crippen LogP contribution in [-0.4, -0.2) is 37.7 Å². The summed E-state index contributed by atoms with van der Waals surface area (Å²) in [5.74, 6) is -0.553. The van der Waals surface area contributed by atoms with Gasteiger partial charge in [0.25, 0.3) is 5.91 Å². The second-order valence-electron chi connectivity index (χ2n) is 4.81. The van der Waals surface area contributed by atoms with Gasteiger partial charge in [-0.15, -0.1) is 0 Å². The number of methoxy groups -OCH3 is 1. The lowest BCUT2D eigenvalue weighted by molar-refractivity contribution is -0.142. The van der Waals surface area contributed by atoms with E-state index in [1.165, 1.54) is 14.0 Å². The second-order valence-corrected chi connectivity index (χ2v) is 4.81. The van der Waals surface area contributed by atoms with E-state index >= 15 is 0 Å². The van der Waals surface area contributed by atoms with Crippen molar-refractivity contribution in [3.05, 3.63) is 23.8 Å². The van der Waals surface area contributed by atoms with E-state index in [2.05, 4.69) is 10.1 Å². The molecule has 7 nitrogen and oxygen atoms in total. The van der Waals surface area contributed by atoms with E-state index in [0.717, 1.165) is 0 Å². The SMILES string of the molecule is COC(=O)Cc1ccc2c(c1)NC(=O)[C@H](CCOC(C)=O)O2. The minimum Gasteiger partial charge on any atom is -0.478 e. The minimum atomic E-state index is -0.710. The predicted octanol–water partition coefficient (Wildman–Crippen LogP) is 1.05. The molecule has 2 rings (SSSR count). The second kappa shape index (κ2) is 6.93. The number of esters is 2. The van der Waals surface area contributed by atoms with Crippen molar-refractivity contribution in [3.63, 3.8) is 0 Å². The summed E-state index contributed by atoms with van der Waals surface area (Å²) in [6.45, 7) is 1.42. The molecular formula is C15H17NO6. The van der Waals surface area contributed by atoms with Gasteiger partial charge in [0.1, 0.15) is 5.75 Å². The monoisotopic (exact) mass is 307 g/mol. The zero-order valence-corrected chi connectivity index (χ0v) is 12.4. The number of anilines is 1. The average Bonchev–Trinajstić information content (AvgIpc) is 2.47. The van der Waals surface area contributed by atoms with E-state index in [1.807, 2.05) is 0 Å². The fraction of sp³-hybridized carbons (Fsp3) is 0.400. The molecule has 1 heterocycles. The molecule has 22 heavy (non-hydrogen) atoms. The van der Waals surface area contributed by atoms with Crippen LogP contribution in [0.3, 0.4) is 0 Å². The molecular weight excluding hydrogens is 290 g/mol. The smallest absolute Gasteiger partial charge is 0.309 e. The van der Waals surface area contributed by atoms with E-state index in [9.17, 15) is 14.4 Å². The molecule has 0 aliphatic carbocycles. The molecule has 118 valence electrons. The number of benzene rings is 1. The number of fused-ring (bicyclic) bond motifs is 1. The van der Waals surface area contributed by atoms with Gasteiger partial charge < -0.3 is 19.5 Å². The van der Waals surface area contributed by atoms with E-state index in [4.69, 9.17) is 9.47 Å². The van der Waals surface area contributed by atoms with Crippen molar-refractivity contribution in [1.82, 2.24) is 0 Å². The third-order valence-electron chi connectivity index (χ3n) is 3.13. The van der Waals surface area contributed by atoms with Crippen LogP contribution in [0, 0.1) is 0 Å². The maximum absolute atomic E-state index is 12.0. The predicted molar refractivity (Wildman–Crippen MR) is 76.5 cm³/mol. The van der Waals surface area contributed by atoms with Crippen molar-refractivity contribution in [3.8, 4) is 5.75 Å². The highest BCUT2D eigenvalue weighted by atomic mass is 16.5. The van der Waals surface area contributed by atoms with Crippen LogP contribution in [0.4, 0.5) is 5.69 Å². The Kier molecular flexibility index (Phi) is 4.98. The minimum absolute atomic E-state index is 0.114. The molecule has 1 N–H and O–H groups in total. The molecule has 0 aromatic heterocycles. The van der Waals surface area contributed by atoms with Gasteiger partial charge >= 0.3 is 11.9 Å². The van der Waals surface area contributed by atoms with Crippen LogP contribution >= 0.6 is 0 Å². The summed E-state index contributed by atoms with van der Waals surface area (Å²) >= 11 is 0. The Hall–Kier alpha value is -2.57. The molecule has 1 aliphatic rings. The molecule has 1 amide bonds. The Morgan fingerprint density at radius 1 is 1.36 bits per heavy atom. The average molecular weight is 307 g/mol. The van der Waals surface area contributed by atoms with E-state index in [1.54, 1.807) is 18.2 Å². The number of nitrogens with one attached hydrogen (secondary N) is 1. The van der Waals surface area contributed by atoms with Gasteiger partial charge in [0, 0.05) is 13.3 Å². The maximum Gasteiger partial charge on any atom is 0.309 e. The summed E-state index contributed by atoms with van der Waals surface area (Å²) < 4.78 is 15.0. The number of rotatable bonds is 5. The zero-order valence-electron chi connectivity index (χ0n) is 12.4. The Labute approximate surface area is 127 Å². The molecule has 1 aliphatic heterocycles. The zero-order chi connectivity index (χ0) is 16.1. The summed E-state index contributed by atoms with van der Waals surface area (Å²) in [5, 5.41) is 2.72. The molecule has 1 aromatic rings. The van der Waals surface area contributed by atoms with Crippen LogP contribution in [0.5, 0.6) is 5.75 Å². The summed E-state index contributed by atoms with van der Waals surface area (Å²) in [7, 11) is 1.32. The number of carbonyl (C=O) groups is 3. The Morgan fingerprint density at radius 3 is 2.82 bits per heavy atom. The van der Waals surface area contributed by atoms with Gasteiger partial charge in [-0.3, -0.25) is 14.4 Å². The van der Waals surface area contributed by atoms with Crippen LogP contribution in [0.1, 0.15) is 18.9 Å². The fourth-order valence-corrected chi connectivity index (χ4v) is 2.05. The normalized spacial score (nSPS) is 16.1. The first-order valence-electron chi connectivity index (χ1n) is 6.80. The highest BCUT2D eigenvalue weighted by Gasteiger charge is 2.27. The number of amides is 1. The van der Waals surface area contributed by atoms with Crippen molar-refractivity contribution in [2.75, 3.05) is 19.0 Å². The van der Waals surface area contributed by atoms with Gasteiger partial charge in [-0.05, 0) is 17.7 Å². The topological polar surface area (TPSA) is 90.9 Å². The van der Waals surface area contributed by atoms with Crippen molar-refractivity contribution >= 4 is 23.5 Å². The fourth-order valence-electron chi connectivity index (χ4n) is 2.05. The largest absolute Gasteiger partial charge is 0.478 e. The van der Waals surface area contributed by atoms with E-state index < -0.39 is 12.1 Å². The van der Waals surface area contributed by atoms with Crippen LogP contribution in [0.15, 0.2) is 18.2 Å². The highest BCUT2D eigenvalue weighted by molar-refractivity contribution is 5.98. The van der Waals surface area contributed by atoms with Crippen LogP contribution in [-0.2, 0) is 30.3 Å². The van der Waals surface area contributed by atoms with Crippen molar-refractivity contribution in [1.29, 1.82) is 0 Å². The molecule has 7 heteroatoms. The quantitative estimate of drug-likeness (QED) is 0.818. The van der Waals surface area contributed by atoms with Crippen LogP contribution in [0.2, 0.25) is 0 Å². The number of hydrogen-bond donors (Lipinski definition) is 1. The number of carbonyl (C=O) groups excluding carboxylic acids is 3. The molecule has 0 bridgehead atoms. The highest BCUT2D eigenvalue weighted by Crippen LogP contribution is 2.31. The first-order valence-corrected chi connectivity index (χ1v) is 6.80. The van der Waals surface area contributed by atoms with Gasteiger partial charge in [0.15, 0.2) is 6.10 Å². The van der Waals surface area contributed by atoms with Crippen molar-refractivity contribution in [2.45, 2.75) is 25.9 Å². The van der Waals surface area contributed by atoms with Crippen molar-refractivity contribution < 1.29 is 28.6 Å². The van der Waals surface area contributed by atoms with Crippen LogP contribution < -0.4 is 10.1 Å². The van der Waals surface area contributed by atoms with Gasteiger partial charge in [-0.1, -0.05) is 6.07 Å². The molecule has 0 radical (unpaired) electrons. The lowest BCUT2D eigenvalue weighted by Gasteiger charge is -2.26. The first-order chi connectivity index (χ1) is 10.5. The van der Waals surface area contributed by atoms with Gasteiger partial charge in [-0.2, -0.15) is 0 Å². The van der Waals surface area contributed by atoms with Gasteiger partial charge in [-0.25, -0.2) is 0 Å². The number of ether oxygens (including phenoxy) is 3. The third-order valence-corrected chi connectivity index (χ3v) is 3.13. The Morgan fingerprint density at radius 2 is 2.14 bits per heavy atom. The molecule has 1 aromatic carbocycles. The molecule has 0 fully saturated rings. The first kappa shape index (κ1) is 15.8. The summed E-state index contributed by atoms with van der Waals surface area (Å²) in [4.78, 5) is 33.9. The van der Waals surface area contributed by atoms with E-state index in [0.29, 0.717) is 17.0 Å². The standard InChI is InChI=1S/C15H17NO6/c1-9(17)21-6-5-13-15(19)16-11-7-10(8-14(18)20-2)3-4-12(11)22-13/h3-4,7,13H,5-6,8H2,1-2H3,(H,16,19)/t13-/m0/s1. The maximum atomic E-state index is 12.0. The number of hydrogen-bond acceptors (Lipinski definition) is 6. The molecule has 0 unspecified atom stereocenters. The summed E-state index contributed by atoms with van der Waals surface area (Å²) in [5.41, 5.74) is 1.23. The van der Waals surface area contributed by atoms with Crippen molar-refractivity contribution in [2.24, 2.45) is 0 Å². The van der Waals surface area contributed by atoms with Gasteiger partial charge in [0.2, 0.25) is 0 Å². The molecule has 1 atom stereocenters. The molecule has 0 spiro atoms. The lowest BCUT2D eigenvalue weighted by Crippen LogP contribution is -2.38. The van der Waals surface area contributed by atoms with E-state index in [-0.39, 0.29) is 31.3 Å². The molecule has 0 saturated heterocycles.